The molecule has 9 aromatic rings. The lowest BCUT2D eigenvalue weighted by Crippen LogP contribution is -2.37. The highest BCUT2D eigenvalue weighted by molar-refractivity contribution is 6.13. The van der Waals surface area contributed by atoms with Gasteiger partial charge in [-0.25, -0.2) is 0 Å². The van der Waals surface area contributed by atoms with E-state index in [0.29, 0.717) is 0 Å². The van der Waals surface area contributed by atoms with Gasteiger partial charge < -0.3 is 9.80 Å². The van der Waals surface area contributed by atoms with E-state index in [1.54, 1.807) is 0 Å². The monoisotopic (exact) mass is 808 g/mol. The van der Waals surface area contributed by atoms with Gasteiger partial charge in [0.25, 0.3) is 0 Å². The fourth-order valence-electron chi connectivity index (χ4n) is 10.1. The van der Waals surface area contributed by atoms with Crippen LogP contribution < -0.4 is 20.2 Å². The van der Waals surface area contributed by atoms with Crippen molar-refractivity contribution in [3.63, 3.8) is 0 Å². The molecule has 0 aromatic heterocycles. The molecular weight excluding hydrogens is 761 g/mol. The second kappa shape index (κ2) is 16.6. The Hall–Kier alpha value is -7.68. The molecule has 0 heterocycles. The number of rotatable bonds is 9. The molecule has 0 amide bonds. The minimum atomic E-state index is 0.140. The third-order valence-electron chi connectivity index (χ3n) is 12.9. The number of allylic oxidation sites excluding steroid dienone is 4. The van der Waals surface area contributed by atoms with Crippen molar-refractivity contribution in [1.29, 1.82) is 0 Å². The molecule has 9 aromatic carbocycles. The number of para-hydroxylation sites is 3. The Balaban J connectivity index is 1.32. The summed E-state index contributed by atoms with van der Waals surface area (Å²) in [5.41, 5.74) is 14.9. The third-order valence-corrected chi connectivity index (χ3v) is 12.9. The van der Waals surface area contributed by atoms with Crippen molar-refractivity contribution >= 4 is 61.1 Å². The van der Waals surface area contributed by atoms with Crippen LogP contribution in [-0.4, -0.2) is 0 Å². The number of hydrogen-bond donors (Lipinski definition) is 0. The van der Waals surface area contributed by atoms with E-state index < -0.39 is 0 Å². The third kappa shape index (κ3) is 7.14. The molecule has 0 fully saturated rings. The Morgan fingerprint density at radius 2 is 0.952 bits per heavy atom. The number of anilines is 5. The molecule has 1 atom stereocenters. The molecule has 2 nitrogen and oxygen atoms in total. The lowest BCUT2D eigenvalue weighted by molar-refractivity contribution is 0.876. The van der Waals surface area contributed by atoms with Gasteiger partial charge in [-0.05, 0) is 153 Å². The quantitative estimate of drug-likeness (QED) is 0.134. The summed E-state index contributed by atoms with van der Waals surface area (Å²) in [5.74, 6) is 0.140. The predicted molar refractivity (Wildman–Crippen MR) is 267 cm³/mol. The van der Waals surface area contributed by atoms with Gasteiger partial charge in [-0.3, -0.25) is 0 Å². The standard InChI is InChI=1S/C61H48N2/c1-43-21-20-26-46(39-43)56-42-55(44-22-8-2-9-23-44)59(45-24-10-3-11-25-45)61-54-38-36-52(63(49-31-16-6-17-32-49)50-33-18-7-19-34-50)41-58(54)57-40-51(35-37-53(57)60(56)61)62(47-27-12-4-13-28-47)48-29-14-5-15-30-48/h2-14,16-29,31-41,55H,15,30,42H2,1H3. The minimum Gasteiger partial charge on any atom is -0.314 e. The van der Waals surface area contributed by atoms with Crippen LogP contribution >= 0.6 is 0 Å². The normalized spacial score (nSPS) is 14.7. The summed E-state index contributed by atoms with van der Waals surface area (Å²) >= 11 is 0. The van der Waals surface area contributed by atoms with Crippen LogP contribution in [0.5, 0.6) is 0 Å². The van der Waals surface area contributed by atoms with Crippen molar-refractivity contribution in [3.8, 4) is 0 Å². The van der Waals surface area contributed by atoms with E-state index in [4.69, 9.17) is 0 Å². The molecule has 2 heteroatoms. The first kappa shape index (κ1) is 38.3. The largest absolute Gasteiger partial charge is 0.314 e. The van der Waals surface area contributed by atoms with Gasteiger partial charge in [0.05, 0.1) is 0 Å². The van der Waals surface area contributed by atoms with Crippen LogP contribution in [0.25, 0.3) is 32.7 Å². The lowest BCUT2D eigenvalue weighted by atomic mass is 9.74. The molecule has 2 aliphatic carbocycles. The summed E-state index contributed by atoms with van der Waals surface area (Å²) in [7, 11) is 0. The number of hydrogen-bond acceptors (Lipinski definition) is 2. The van der Waals surface area contributed by atoms with Crippen LogP contribution in [0.4, 0.5) is 28.4 Å². The fourth-order valence-corrected chi connectivity index (χ4v) is 10.1. The first-order chi connectivity index (χ1) is 31.2. The van der Waals surface area contributed by atoms with Crippen LogP contribution in [0.2, 0.25) is 0 Å². The summed E-state index contributed by atoms with van der Waals surface area (Å²) < 4.78 is 0. The van der Waals surface area contributed by atoms with Crippen molar-refractivity contribution in [3.05, 3.63) is 269 Å². The smallest absolute Gasteiger partial charge is 0.0468 e. The first-order valence-corrected chi connectivity index (χ1v) is 22.2. The molecule has 11 rings (SSSR count). The molecular formula is C61H48N2. The van der Waals surface area contributed by atoms with Crippen LogP contribution in [0.1, 0.15) is 47.4 Å². The van der Waals surface area contributed by atoms with E-state index in [-0.39, 0.29) is 5.92 Å². The summed E-state index contributed by atoms with van der Waals surface area (Å²) in [4.78, 5) is 4.86. The molecule has 0 saturated heterocycles. The molecule has 302 valence electrons. The Labute approximate surface area is 370 Å². The van der Waals surface area contributed by atoms with Gasteiger partial charge in [0.2, 0.25) is 0 Å². The zero-order valence-electron chi connectivity index (χ0n) is 35.5. The minimum absolute atomic E-state index is 0.140. The topological polar surface area (TPSA) is 6.48 Å². The van der Waals surface area contributed by atoms with Crippen molar-refractivity contribution in [2.45, 2.75) is 32.1 Å². The van der Waals surface area contributed by atoms with Crippen molar-refractivity contribution < 1.29 is 0 Å². The van der Waals surface area contributed by atoms with E-state index in [1.165, 1.54) is 71.1 Å². The number of nitrogens with zero attached hydrogens (tertiary/aromatic N) is 2. The van der Waals surface area contributed by atoms with Crippen molar-refractivity contribution in [2.24, 2.45) is 0 Å². The second-order valence-electron chi connectivity index (χ2n) is 16.8. The van der Waals surface area contributed by atoms with E-state index in [9.17, 15) is 0 Å². The Morgan fingerprint density at radius 1 is 0.429 bits per heavy atom. The summed E-state index contributed by atoms with van der Waals surface area (Å²) in [6.45, 7) is 2.22. The van der Waals surface area contributed by atoms with Crippen molar-refractivity contribution in [1.82, 2.24) is 0 Å². The Bertz CT molecular complexity index is 3260. The van der Waals surface area contributed by atoms with Crippen molar-refractivity contribution in [2.75, 3.05) is 9.80 Å². The highest BCUT2D eigenvalue weighted by atomic mass is 15.2. The highest BCUT2D eigenvalue weighted by Gasteiger charge is 2.29. The summed E-state index contributed by atoms with van der Waals surface area (Å²) in [6, 6.07) is 78.4. The van der Waals surface area contributed by atoms with E-state index in [2.05, 4.69) is 247 Å². The molecule has 0 saturated carbocycles. The maximum Gasteiger partial charge on any atom is 0.0468 e. The SMILES string of the molecule is Cc1cccc(C2=c3c(c4ccc(N(c5ccccc5)c5ccccc5)cc4c4cc(N(C5=CC=CCC5)c5ccccc5)ccc34)=C(c3ccccc3)C(c3ccccc3)C2)c1. The molecule has 0 spiro atoms. The maximum atomic E-state index is 2.47. The molecule has 1 unspecified atom stereocenters. The second-order valence-corrected chi connectivity index (χ2v) is 16.8. The van der Waals surface area contributed by atoms with Crippen LogP contribution in [0.15, 0.2) is 236 Å². The van der Waals surface area contributed by atoms with Gasteiger partial charge in [-0.15, -0.1) is 0 Å². The van der Waals surface area contributed by atoms with Crippen LogP contribution in [0, 0.1) is 6.92 Å². The molecule has 0 aliphatic heterocycles. The average molecular weight is 809 g/mol. The zero-order valence-corrected chi connectivity index (χ0v) is 35.5. The lowest BCUT2D eigenvalue weighted by Gasteiger charge is -2.31. The van der Waals surface area contributed by atoms with Crippen LogP contribution in [-0.2, 0) is 0 Å². The predicted octanol–water partition coefficient (Wildman–Crippen LogP) is 14.7. The van der Waals surface area contributed by atoms with E-state index in [0.717, 1.165) is 47.7 Å². The molecule has 2 aliphatic rings. The van der Waals surface area contributed by atoms with Gasteiger partial charge in [-0.1, -0.05) is 169 Å². The molecule has 0 radical (unpaired) electrons. The Morgan fingerprint density at radius 3 is 1.52 bits per heavy atom. The maximum absolute atomic E-state index is 2.47. The van der Waals surface area contributed by atoms with E-state index in [1.807, 2.05) is 0 Å². The fraction of sp³-hybridized carbons (Fsp3) is 0.0820. The summed E-state index contributed by atoms with van der Waals surface area (Å²) in [5, 5.41) is 7.67. The molecule has 63 heavy (non-hydrogen) atoms. The zero-order chi connectivity index (χ0) is 42.1. The van der Waals surface area contributed by atoms with Crippen LogP contribution in [0.3, 0.4) is 0 Å². The molecule has 0 N–H and O–H groups in total. The number of aryl methyl sites for hydroxylation is 1. The van der Waals surface area contributed by atoms with Gasteiger partial charge >= 0.3 is 0 Å². The van der Waals surface area contributed by atoms with E-state index >= 15 is 0 Å². The summed E-state index contributed by atoms with van der Waals surface area (Å²) in [6.07, 6.45) is 9.65. The Kier molecular flexibility index (Phi) is 10.1. The highest BCUT2D eigenvalue weighted by Crippen LogP contribution is 2.43. The number of benzene rings is 9. The van der Waals surface area contributed by atoms with Gasteiger partial charge in [0.15, 0.2) is 0 Å². The first-order valence-electron chi connectivity index (χ1n) is 22.2. The van der Waals surface area contributed by atoms with Gasteiger partial charge in [0.1, 0.15) is 0 Å². The average Bonchev–Trinajstić information content (AvgIpc) is 3.35. The molecule has 0 bridgehead atoms. The van der Waals surface area contributed by atoms with Gasteiger partial charge in [0, 0.05) is 40.1 Å². The van der Waals surface area contributed by atoms with Gasteiger partial charge in [-0.2, -0.15) is 0 Å². The number of fused-ring (bicyclic) bond motifs is 6.